The van der Waals surface area contributed by atoms with Crippen LogP contribution >= 0.6 is 23.2 Å². The summed E-state index contributed by atoms with van der Waals surface area (Å²) in [5.41, 5.74) is 0. The van der Waals surface area contributed by atoms with E-state index in [1.54, 1.807) is 0 Å². The summed E-state index contributed by atoms with van der Waals surface area (Å²) in [6, 6.07) is 0. The van der Waals surface area contributed by atoms with Crippen molar-refractivity contribution >= 4 is 23.2 Å². The van der Waals surface area contributed by atoms with Crippen molar-refractivity contribution < 1.29 is 14.2 Å². The van der Waals surface area contributed by atoms with Gasteiger partial charge in [-0.05, 0) is 52.4 Å². The van der Waals surface area contributed by atoms with E-state index < -0.39 is 0 Å². The van der Waals surface area contributed by atoms with Crippen molar-refractivity contribution in [2.75, 3.05) is 25.0 Å². The Morgan fingerprint density at radius 2 is 1.16 bits per heavy atom. The molecule has 0 aromatic carbocycles. The predicted octanol–water partition coefficient (Wildman–Crippen LogP) is 4.55. The van der Waals surface area contributed by atoms with Crippen LogP contribution in [0.25, 0.3) is 0 Å². The summed E-state index contributed by atoms with van der Waals surface area (Å²) in [6.45, 7) is 5.24. The van der Waals surface area contributed by atoms with Gasteiger partial charge < -0.3 is 14.2 Å². The van der Waals surface area contributed by atoms with Crippen LogP contribution in [0.4, 0.5) is 0 Å². The average Bonchev–Trinajstić information content (AvgIpc) is 2.39. The first-order valence-corrected chi connectivity index (χ1v) is 8.35. The molecule has 116 valence electrons. The molecule has 0 aliphatic heterocycles. The fourth-order valence-electron chi connectivity index (χ4n) is 1.73. The van der Waals surface area contributed by atoms with E-state index in [-0.39, 0.29) is 12.6 Å². The maximum atomic E-state index is 5.89. The average molecular weight is 315 g/mol. The van der Waals surface area contributed by atoms with Crippen LogP contribution in [0.3, 0.4) is 0 Å². The first-order valence-electron chi connectivity index (χ1n) is 7.29. The molecule has 3 nitrogen and oxygen atoms in total. The molecule has 0 spiro atoms. The van der Waals surface area contributed by atoms with E-state index in [2.05, 4.69) is 0 Å². The number of alkyl halides is 2. The minimum Gasteiger partial charge on any atom is -0.353 e. The summed E-state index contributed by atoms with van der Waals surface area (Å²) in [6.07, 6.45) is 5.32. The van der Waals surface area contributed by atoms with E-state index in [9.17, 15) is 0 Å². The topological polar surface area (TPSA) is 27.7 Å². The van der Waals surface area contributed by atoms with Crippen molar-refractivity contribution in [3.05, 3.63) is 0 Å². The first kappa shape index (κ1) is 19.5. The van der Waals surface area contributed by atoms with Gasteiger partial charge in [0.1, 0.15) is 0 Å². The Hall–Kier alpha value is 0.460. The number of hydrogen-bond acceptors (Lipinski definition) is 3. The Morgan fingerprint density at radius 3 is 1.47 bits per heavy atom. The Labute approximate surface area is 127 Å². The summed E-state index contributed by atoms with van der Waals surface area (Å²) in [5, 5.41) is 0. The largest absolute Gasteiger partial charge is 0.353 e. The zero-order valence-electron chi connectivity index (χ0n) is 12.2. The highest BCUT2D eigenvalue weighted by molar-refractivity contribution is 6.18. The van der Waals surface area contributed by atoms with Gasteiger partial charge >= 0.3 is 0 Å². The van der Waals surface area contributed by atoms with Crippen molar-refractivity contribution in [3.8, 4) is 0 Å². The Kier molecular flexibility index (Phi) is 15.2. The van der Waals surface area contributed by atoms with Crippen molar-refractivity contribution in [1.82, 2.24) is 0 Å². The van der Waals surface area contributed by atoms with Gasteiger partial charge in [-0.25, -0.2) is 0 Å². The number of rotatable bonds is 14. The van der Waals surface area contributed by atoms with Gasteiger partial charge in [0.05, 0.1) is 0 Å². The van der Waals surface area contributed by atoms with E-state index in [4.69, 9.17) is 37.4 Å². The summed E-state index contributed by atoms with van der Waals surface area (Å²) < 4.78 is 17.1. The summed E-state index contributed by atoms with van der Waals surface area (Å²) in [4.78, 5) is 0. The molecule has 0 bridgehead atoms. The molecule has 0 aliphatic rings. The molecule has 0 amide bonds. The van der Waals surface area contributed by atoms with Gasteiger partial charge in [-0.3, -0.25) is 0 Å². The van der Waals surface area contributed by atoms with Gasteiger partial charge in [-0.2, -0.15) is 0 Å². The normalized spacial score (nSPS) is 14.5. The molecule has 0 heterocycles. The first-order chi connectivity index (χ1) is 9.28. The highest BCUT2D eigenvalue weighted by Gasteiger charge is 2.16. The molecule has 2 unspecified atom stereocenters. The number of unbranched alkanes of at least 4 members (excludes halogenated alkanes) is 2. The highest BCUT2D eigenvalue weighted by Crippen LogP contribution is 2.15. The summed E-state index contributed by atoms with van der Waals surface area (Å²) in [7, 11) is 0. The second-order valence-electron chi connectivity index (χ2n) is 4.28. The fraction of sp³-hybridized carbons (Fsp3) is 1.00. The zero-order valence-corrected chi connectivity index (χ0v) is 13.7. The number of hydrogen-bond donors (Lipinski definition) is 0. The smallest absolute Gasteiger partial charge is 0.160 e. The second kappa shape index (κ2) is 14.9. The van der Waals surface area contributed by atoms with Crippen molar-refractivity contribution in [2.45, 2.75) is 65.0 Å². The van der Waals surface area contributed by atoms with Gasteiger partial charge in [0, 0.05) is 25.0 Å². The van der Waals surface area contributed by atoms with Gasteiger partial charge in [0.2, 0.25) is 0 Å². The quantitative estimate of drug-likeness (QED) is 0.267. The van der Waals surface area contributed by atoms with Gasteiger partial charge in [0.25, 0.3) is 0 Å². The van der Waals surface area contributed by atoms with Crippen LogP contribution in [0.15, 0.2) is 0 Å². The zero-order chi connectivity index (χ0) is 14.3. The third kappa shape index (κ3) is 11.9. The van der Waals surface area contributed by atoms with Gasteiger partial charge in [-0.1, -0.05) is 0 Å². The third-order valence-corrected chi connectivity index (χ3v) is 3.19. The Balaban J connectivity index is 4.05. The van der Waals surface area contributed by atoms with E-state index in [0.29, 0.717) is 25.0 Å². The minimum absolute atomic E-state index is 0.194. The second-order valence-corrected chi connectivity index (χ2v) is 5.03. The van der Waals surface area contributed by atoms with Crippen LogP contribution in [-0.4, -0.2) is 37.6 Å². The lowest BCUT2D eigenvalue weighted by atomic mass is 10.2. The van der Waals surface area contributed by atoms with E-state index in [1.165, 1.54) is 0 Å². The Bertz CT molecular complexity index is 164. The fourth-order valence-corrected chi connectivity index (χ4v) is 2.11. The van der Waals surface area contributed by atoms with E-state index >= 15 is 0 Å². The SMILES string of the molecule is CCOC(CCCCCl)OC(CCCCCl)OCC. The van der Waals surface area contributed by atoms with Crippen LogP contribution in [0.1, 0.15) is 52.4 Å². The molecule has 19 heavy (non-hydrogen) atoms. The number of ether oxygens (including phenoxy) is 3. The lowest BCUT2D eigenvalue weighted by Gasteiger charge is -2.24. The molecular weight excluding hydrogens is 287 g/mol. The lowest BCUT2D eigenvalue weighted by Crippen LogP contribution is -2.27. The molecule has 2 atom stereocenters. The molecule has 0 rings (SSSR count). The number of halogens is 2. The van der Waals surface area contributed by atoms with Crippen molar-refractivity contribution in [3.63, 3.8) is 0 Å². The molecule has 0 aliphatic carbocycles. The van der Waals surface area contributed by atoms with Gasteiger partial charge in [-0.15, -0.1) is 23.2 Å². The van der Waals surface area contributed by atoms with Crippen LogP contribution in [0.5, 0.6) is 0 Å². The molecule has 5 heteroatoms. The molecular formula is C14H28Cl2O3. The van der Waals surface area contributed by atoms with Crippen molar-refractivity contribution in [2.24, 2.45) is 0 Å². The van der Waals surface area contributed by atoms with Crippen LogP contribution in [-0.2, 0) is 14.2 Å². The van der Waals surface area contributed by atoms with Crippen molar-refractivity contribution in [1.29, 1.82) is 0 Å². The standard InChI is InChI=1S/C14H28Cl2O3/c1-3-17-13(9-5-7-11-15)19-14(18-4-2)10-6-8-12-16/h13-14H,3-12H2,1-2H3. The summed E-state index contributed by atoms with van der Waals surface area (Å²) >= 11 is 11.4. The molecule has 0 radical (unpaired) electrons. The molecule has 0 aromatic heterocycles. The van der Waals surface area contributed by atoms with Crippen LogP contribution in [0, 0.1) is 0 Å². The van der Waals surface area contributed by atoms with Crippen LogP contribution < -0.4 is 0 Å². The van der Waals surface area contributed by atoms with E-state index in [0.717, 1.165) is 38.5 Å². The maximum absolute atomic E-state index is 5.89. The minimum atomic E-state index is -0.194. The molecule has 0 saturated carbocycles. The summed E-state index contributed by atoms with van der Waals surface area (Å²) in [5.74, 6) is 1.37. The van der Waals surface area contributed by atoms with E-state index in [1.807, 2.05) is 13.8 Å². The maximum Gasteiger partial charge on any atom is 0.160 e. The van der Waals surface area contributed by atoms with Crippen LogP contribution in [0.2, 0.25) is 0 Å². The molecule has 0 N–H and O–H groups in total. The predicted molar refractivity (Wildman–Crippen MR) is 81.1 cm³/mol. The monoisotopic (exact) mass is 314 g/mol. The third-order valence-electron chi connectivity index (χ3n) is 2.66. The van der Waals surface area contributed by atoms with Gasteiger partial charge in [0.15, 0.2) is 12.6 Å². The highest BCUT2D eigenvalue weighted by atomic mass is 35.5. The molecule has 0 aromatic rings. The lowest BCUT2D eigenvalue weighted by molar-refractivity contribution is -0.247. The molecule has 0 saturated heterocycles. The molecule has 0 fully saturated rings. The Morgan fingerprint density at radius 1 is 0.737 bits per heavy atom.